The van der Waals surface area contributed by atoms with E-state index in [1.807, 2.05) is 73.7 Å². The summed E-state index contributed by atoms with van der Waals surface area (Å²) in [7, 11) is 3.07. The van der Waals surface area contributed by atoms with Crippen LogP contribution in [0.1, 0.15) is 40.0 Å². The van der Waals surface area contributed by atoms with E-state index in [1.165, 1.54) is 14.2 Å². The van der Waals surface area contributed by atoms with E-state index in [4.69, 9.17) is 18.9 Å². The van der Waals surface area contributed by atoms with E-state index in [0.717, 1.165) is 22.4 Å². The Morgan fingerprint density at radius 2 is 1.49 bits per heavy atom. The highest BCUT2D eigenvalue weighted by Crippen LogP contribution is 2.39. The SMILES string of the molecule is COc1cc(C(=O)NC(C)c2ccc(OCc3cccnc3)cc2)cc(OC)c1OCc1ccccc1. The van der Waals surface area contributed by atoms with Gasteiger partial charge < -0.3 is 24.3 Å². The Bertz CT molecular complexity index is 1270. The third-order valence-corrected chi connectivity index (χ3v) is 5.80. The summed E-state index contributed by atoms with van der Waals surface area (Å²) in [5, 5.41) is 3.03. The van der Waals surface area contributed by atoms with Crippen LogP contribution < -0.4 is 24.3 Å². The van der Waals surface area contributed by atoms with Crippen molar-refractivity contribution in [2.45, 2.75) is 26.2 Å². The molecule has 1 N–H and O–H groups in total. The first-order valence-corrected chi connectivity index (χ1v) is 11.9. The van der Waals surface area contributed by atoms with Crippen LogP contribution in [0.3, 0.4) is 0 Å². The van der Waals surface area contributed by atoms with Gasteiger partial charge in [0.2, 0.25) is 5.75 Å². The first kappa shape index (κ1) is 25.6. The number of hydrogen-bond acceptors (Lipinski definition) is 6. The predicted molar refractivity (Wildman–Crippen MR) is 141 cm³/mol. The smallest absolute Gasteiger partial charge is 0.252 e. The largest absolute Gasteiger partial charge is 0.493 e. The molecule has 0 aliphatic heterocycles. The van der Waals surface area contributed by atoms with Crippen molar-refractivity contribution in [3.63, 3.8) is 0 Å². The van der Waals surface area contributed by atoms with Crippen molar-refractivity contribution in [2.75, 3.05) is 14.2 Å². The fraction of sp³-hybridized carbons (Fsp3) is 0.200. The van der Waals surface area contributed by atoms with Gasteiger partial charge in [-0.1, -0.05) is 48.5 Å². The Kier molecular flexibility index (Phi) is 8.60. The third kappa shape index (κ3) is 6.79. The molecule has 0 bridgehead atoms. The van der Waals surface area contributed by atoms with Gasteiger partial charge in [0.25, 0.3) is 5.91 Å². The normalized spacial score (nSPS) is 11.3. The van der Waals surface area contributed by atoms with E-state index < -0.39 is 0 Å². The quantitative estimate of drug-likeness (QED) is 0.284. The molecule has 1 amide bonds. The van der Waals surface area contributed by atoms with Gasteiger partial charge >= 0.3 is 0 Å². The van der Waals surface area contributed by atoms with Gasteiger partial charge in [-0.15, -0.1) is 0 Å². The van der Waals surface area contributed by atoms with Crippen LogP contribution in [0.4, 0.5) is 0 Å². The van der Waals surface area contributed by atoms with Crippen LogP contribution in [0.5, 0.6) is 23.0 Å². The van der Waals surface area contributed by atoms with Crippen LogP contribution in [0, 0.1) is 0 Å². The molecule has 4 rings (SSSR count). The number of nitrogens with zero attached hydrogens (tertiary/aromatic N) is 1. The average molecular weight is 499 g/mol. The maximum absolute atomic E-state index is 13.1. The molecular formula is C30H30N2O5. The number of benzene rings is 3. The Morgan fingerprint density at radius 1 is 0.838 bits per heavy atom. The molecule has 0 fully saturated rings. The number of carbonyl (C=O) groups excluding carboxylic acids is 1. The summed E-state index contributed by atoms with van der Waals surface area (Å²) in [6.45, 7) is 2.71. The van der Waals surface area contributed by atoms with Crippen molar-refractivity contribution < 1.29 is 23.7 Å². The summed E-state index contributed by atoms with van der Waals surface area (Å²) >= 11 is 0. The van der Waals surface area contributed by atoms with Crippen LogP contribution in [0.15, 0.2) is 91.3 Å². The topological polar surface area (TPSA) is 78.9 Å². The van der Waals surface area contributed by atoms with Crippen LogP contribution in [0.25, 0.3) is 0 Å². The monoisotopic (exact) mass is 498 g/mol. The number of carbonyl (C=O) groups is 1. The lowest BCUT2D eigenvalue weighted by molar-refractivity contribution is 0.0939. The molecule has 1 heterocycles. The minimum atomic E-state index is -0.254. The van der Waals surface area contributed by atoms with Crippen LogP contribution in [-0.4, -0.2) is 25.1 Å². The summed E-state index contributed by atoms with van der Waals surface area (Å²) in [5.74, 6) is 1.77. The fourth-order valence-electron chi connectivity index (χ4n) is 3.75. The Labute approximate surface area is 217 Å². The molecule has 0 saturated carbocycles. The van der Waals surface area contributed by atoms with Gasteiger partial charge in [0.05, 0.1) is 20.3 Å². The van der Waals surface area contributed by atoms with Gasteiger partial charge in [-0.05, 0) is 48.4 Å². The molecular weight excluding hydrogens is 468 g/mol. The minimum absolute atomic E-state index is 0.231. The molecule has 1 unspecified atom stereocenters. The summed E-state index contributed by atoms with van der Waals surface area (Å²) in [6, 6.07) is 24.4. The summed E-state index contributed by atoms with van der Waals surface area (Å²) in [6.07, 6.45) is 3.51. The number of amides is 1. The number of aromatic nitrogens is 1. The molecule has 1 aromatic heterocycles. The second kappa shape index (κ2) is 12.4. The lowest BCUT2D eigenvalue weighted by Gasteiger charge is -2.18. The minimum Gasteiger partial charge on any atom is -0.493 e. The van der Waals surface area contributed by atoms with Crippen molar-refractivity contribution in [3.05, 3.63) is 114 Å². The van der Waals surface area contributed by atoms with Gasteiger partial charge in [-0.3, -0.25) is 9.78 Å². The Balaban J connectivity index is 1.41. The first-order chi connectivity index (χ1) is 18.1. The molecule has 0 spiro atoms. The molecule has 0 aliphatic rings. The molecule has 190 valence electrons. The molecule has 3 aromatic carbocycles. The Hall–Kier alpha value is -4.52. The highest BCUT2D eigenvalue weighted by Gasteiger charge is 2.19. The predicted octanol–water partition coefficient (Wildman–Crippen LogP) is 5.75. The van der Waals surface area contributed by atoms with Crippen molar-refractivity contribution in [3.8, 4) is 23.0 Å². The number of nitrogens with one attached hydrogen (secondary N) is 1. The lowest BCUT2D eigenvalue weighted by Crippen LogP contribution is -2.26. The average Bonchev–Trinajstić information content (AvgIpc) is 2.95. The van der Waals surface area contributed by atoms with Crippen molar-refractivity contribution in [2.24, 2.45) is 0 Å². The maximum atomic E-state index is 13.1. The van der Waals surface area contributed by atoms with Crippen molar-refractivity contribution >= 4 is 5.91 Å². The van der Waals surface area contributed by atoms with E-state index >= 15 is 0 Å². The van der Waals surface area contributed by atoms with Gasteiger partial charge in [0.1, 0.15) is 19.0 Å². The second-order valence-electron chi connectivity index (χ2n) is 8.40. The van der Waals surface area contributed by atoms with Gasteiger partial charge in [0.15, 0.2) is 11.5 Å². The highest BCUT2D eigenvalue weighted by atomic mass is 16.5. The first-order valence-electron chi connectivity index (χ1n) is 11.9. The number of pyridine rings is 1. The van der Waals surface area contributed by atoms with E-state index in [2.05, 4.69) is 10.3 Å². The molecule has 0 saturated heterocycles. The standard InChI is InChI=1S/C30H30N2O5/c1-21(24-11-13-26(14-12-24)36-20-23-10-7-15-31-18-23)32-30(33)25-16-27(34-2)29(28(17-25)35-3)37-19-22-8-5-4-6-9-22/h4-18,21H,19-20H2,1-3H3,(H,32,33). The number of hydrogen-bond donors (Lipinski definition) is 1. The zero-order chi connectivity index (χ0) is 26.0. The molecule has 37 heavy (non-hydrogen) atoms. The maximum Gasteiger partial charge on any atom is 0.252 e. The molecule has 0 radical (unpaired) electrons. The summed E-state index contributed by atoms with van der Waals surface area (Å²) in [5.41, 5.74) is 3.36. The number of ether oxygens (including phenoxy) is 4. The van der Waals surface area contributed by atoms with E-state index in [9.17, 15) is 4.79 Å². The fourth-order valence-corrected chi connectivity index (χ4v) is 3.75. The Morgan fingerprint density at radius 3 is 2.11 bits per heavy atom. The molecule has 7 nitrogen and oxygen atoms in total. The molecule has 0 aliphatic carbocycles. The number of methoxy groups -OCH3 is 2. The molecule has 4 aromatic rings. The second-order valence-corrected chi connectivity index (χ2v) is 8.40. The van der Waals surface area contributed by atoms with Gasteiger partial charge in [-0.25, -0.2) is 0 Å². The van der Waals surface area contributed by atoms with E-state index in [-0.39, 0.29) is 11.9 Å². The van der Waals surface area contributed by atoms with Gasteiger partial charge in [0, 0.05) is 23.5 Å². The zero-order valence-corrected chi connectivity index (χ0v) is 21.1. The number of rotatable bonds is 11. The summed E-state index contributed by atoms with van der Waals surface area (Å²) in [4.78, 5) is 17.2. The van der Waals surface area contributed by atoms with E-state index in [0.29, 0.717) is 36.0 Å². The molecule has 7 heteroatoms. The lowest BCUT2D eigenvalue weighted by atomic mass is 10.1. The van der Waals surface area contributed by atoms with Crippen molar-refractivity contribution in [1.29, 1.82) is 0 Å². The highest BCUT2D eigenvalue weighted by molar-refractivity contribution is 5.95. The van der Waals surface area contributed by atoms with Gasteiger partial charge in [-0.2, -0.15) is 0 Å². The van der Waals surface area contributed by atoms with E-state index in [1.54, 1.807) is 24.5 Å². The molecule has 1 atom stereocenters. The summed E-state index contributed by atoms with van der Waals surface area (Å²) < 4.78 is 22.8. The third-order valence-electron chi connectivity index (χ3n) is 5.80. The van der Waals surface area contributed by atoms with Crippen molar-refractivity contribution in [1.82, 2.24) is 10.3 Å². The van der Waals surface area contributed by atoms with Crippen LogP contribution >= 0.6 is 0 Å². The zero-order valence-electron chi connectivity index (χ0n) is 21.1. The van der Waals surface area contributed by atoms with Crippen LogP contribution in [-0.2, 0) is 13.2 Å². The van der Waals surface area contributed by atoms with Crippen LogP contribution in [0.2, 0.25) is 0 Å².